The van der Waals surface area contributed by atoms with Crippen LogP contribution in [0.3, 0.4) is 0 Å². The van der Waals surface area contributed by atoms with E-state index >= 15 is 0 Å². The second-order valence-electron chi connectivity index (χ2n) is 5.19. The van der Waals surface area contributed by atoms with E-state index in [-0.39, 0.29) is 24.8 Å². The third-order valence-corrected chi connectivity index (χ3v) is 5.36. The molecule has 1 aliphatic heterocycles. The first kappa shape index (κ1) is 14.9. The average molecular weight is 300 g/mol. The fourth-order valence-electron chi connectivity index (χ4n) is 2.45. The number of halogens is 1. The predicted octanol–water partition coefficient (Wildman–Crippen LogP) is 0.709. The first-order chi connectivity index (χ1) is 9.29. The molecule has 1 aromatic carbocycles. The lowest BCUT2D eigenvalue weighted by atomic mass is 9.98. The van der Waals surface area contributed by atoms with Gasteiger partial charge in [-0.15, -0.1) is 0 Å². The van der Waals surface area contributed by atoms with Crippen LogP contribution in [0.1, 0.15) is 12.5 Å². The molecule has 0 unspecified atom stereocenters. The summed E-state index contributed by atoms with van der Waals surface area (Å²) in [6.45, 7) is 2.17. The molecule has 0 saturated carbocycles. The van der Waals surface area contributed by atoms with Crippen molar-refractivity contribution >= 4 is 15.9 Å². The maximum absolute atomic E-state index is 13.1. The summed E-state index contributed by atoms with van der Waals surface area (Å²) in [5, 5.41) is 0. The smallest absolute Gasteiger partial charge is 0.222 e. The zero-order chi connectivity index (χ0) is 14.9. The summed E-state index contributed by atoms with van der Waals surface area (Å²) in [6.07, 6.45) is 0. The number of carbonyl (C=O) groups is 1. The van der Waals surface area contributed by atoms with E-state index in [0.717, 1.165) is 0 Å². The highest BCUT2D eigenvalue weighted by atomic mass is 32.2. The normalized spacial score (nSPS) is 23.9. The number of carbonyl (C=O) groups excluding carboxylic acids is 1. The SMILES string of the molecule is C[C@@H]1CN(S(=O)(=O)Cc2cccc(F)c2)C[C@H]1C(N)=O. The monoisotopic (exact) mass is 300 g/mol. The quantitative estimate of drug-likeness (QED) is 0.889. The van der Waals surface area contributed by atoms with Gasteiger partial charge in [0.15, 0.2) is 0 Å². The Bertz CT molecular complexity index is 618. The number of nitrogens with zero attached hydrogens (tertiary/aromatic N) is 1. The van der Waals surface area contributed by atoms with Gasteiger partial charge < -0.3 is 5.73 Å². The van der Waals surface area contributed by atoms with Crippen LogP contribution < -0.4 is 5.73 Å². The first-order valence-electron chi connectivity index (χ1n) is 6.31. The molecule has 0 spiro atoms. The van der Waals surface area contributed by atoms with Gasteiger partial charge in [0.25, 0.3) is 0 Å². The molecule has 1 fully saturated rings. The minimum atomic E-state index is -3.57. The molecule has 5 nitrogen and oxygen atoms in total. The topological polar surface area (TPSA) is 80.5 Å². The molecule has 7 heteroatoms. The Morgan fingerprint density at radius 1 is 1.45 bits per heavy atom. The van der Waals surface area contributed by atoms with Gasteiger partial charge in [-0.2, -0.15) is 0 Å². The summed E-state index contributed by atoms with van der Waals surface area (Å²) in [7, 11) is -3.57. The van der Waals surface area contributed by atoms with Crippen LogP contribution in [0.5, 0.6) is 0 Å². The summed E-state index contributed by atoms with van der Waals surface area (Å²) in [4.78, 5) is 11.2. The van der Waals surface area contributed by atoms with Crippen LogP contribution >= 0.6 is 0 Å². The molecule has 2 N–H and O–H groups in total. The Balaban J connectivity index is 2.14. The summed E-state index contributed by atoms with van der Waals surface area (Å²) in [6, 6.07) is 5.49. The number of nitrogens with two attached hydrogens (primary N) is 1. The molecule has 0 aromatic heterocycles. The Labute approximate surface area is 117 Å². The first-order valence-corrected chi connectivity index (χ1v) is 7.92. The molecule has 1 aliphatic rings. The molecule has 1 aromatic rings. The Hall–Kier alpha value is -1.47. The summed E-state index contributed by atoms with van der Waals surface area (Å²) < 4.78 is 38.9. The summed E-state index contributed by atoms with van der Waals surface area (Å²) in [5.41, 5.74) is 5.65. The molecule has 0 aliphatic carbocycles. The van der Waals surface area contributed by atoms with E-state index in [4.69, 9.17) is 5.73 Å². The fraction of sp³-hybridized carbons (Fsp3) is 0.462. The number of hydrogen-bond donors (Lipinski definition) is 1. The van der Waals surface area contributed by atoms with Crippen molar-refractivity contribution in [2.24, 2.45) is 17.6 Å². The Morgan fingerprint density at radius 3 is 2.70 bits per heavy atom. The highest BCUT2D eigenvalue weighted by Crippen LogP contribution is 2.26. The van der Waals surface area contributed by atoms with Crippen LogP contribution in [0.4, 0.5) is 4.39 Å². The molecule has 1 heterocycles. The van der Waals surface area contributed by atoms with E-state index in [9.17, 15) is 17.6 Å². The lowest BCUT2D eigenvalue weighted by molar-refractivity contribution is -0.122. The number of amides is 1. The molecule has 0 bridgehead atoms. The Kier molecular flexibility index (Phi) is 4.10. The number of benzene rings is 1. The minimum absolute atomic E-state index is 0.102. The van der Waals surface area contributed by atoms with Gasteiger partial charge in [-0.1, -0.05) is 19.1 Å². The number of rotatable bonds is 4. The molecule has 1 amide bonds. The van der Waals surface area contributed by atoms with Gasteiger partial charge in [-0.3, -0.25) is 4.79 Å². The number of hydrogen-bond acceptors (Lipinski definition) is 3. The lowest BCUT2D eigenvalue weighted by Crippen LogP contribution is -2.32. The summed E-state index contributed by atoms with van der Waals surface area (Å²) in [5.74, 6) is -1.79. The van der Waals surface area contributed by atoms with Gasteiger partial charge in [0.1, 0.15) is 5.82 Å². The highest BCUT2D eigenvalue weighted by Gasteiger charge is 2.39. The molecular weight excluding hydrogens is 283 g/mol. The van der Waals surface area contributed by atoms with Gasteiger partial charge in [-0.05, 0) is 23.6 Å². The molecule has 2 rings (SSSR count). The predicted molar refractivity (Wildman–Crippen MR) is 72.4 cm³/mol. The highest BCUT2D eigenvalue weighted by molar-refractivity contribution is 7.88. The van der Waals surface area contributed by atoms with Crippen molar-refractivity contribution in [1.29, 1.82) is 0 Å². The maximum Gasteiger partial charge on any atom is 0.222 e. The standard InChI is InChI=1S/C13H17FN2O3S/c1-9-6-16(7-12(9)13(15)17)20(18,19)8-10-3-2-4-11(14)5-10/h2-5,9,12H,6-8H2,1H3,(H2,15,17)/t9-,12-/m1/s1. The third kappa shape index (κ3) is 3.16. The minimum Gasteiger partial charge on any atom is -0.369 e. The van der Waals surface area contributed by atoms with Crippen LogP contribution in [0.15, 0.2) is 24.3 Å². The van der Waals surface area contributed by atoms with Crippen molar-refractivity contribution in [3.8, 4) is 0 Å². The van der Waals surface area contributed by atoms with E-state index in [1.807, 2.05) is 0 Å². The zero-order valence-electron chi connectivity index (χ0n) is 11.1. The van der Waals surface area contributed by atoms with Crippen molar-refractivity contribution < 1.29 is 17.6 Å². The van der Waals surface area contributed by atoms with E-state index in [1.165, 1.54) is 22.5 Å². The summed E-state index contributed by atoms with van der Waals surface area (Å²) >= 11 is 0. The van der Waals surface area contributed by atoms with Crippen LogP contribution in [-0.2, 0) is 20.6 Å². The number of primary amides is 1. The average Bonchev–Trinajstić information content (AvgIpc) is 2.71. The largest absolute Gasteiger partial charge is 0.369 e. The third-order valence-electron chi connectivity index (χ3n) is 3.58. The van der Waals surface area contributed by atoms with Crippen LogP contribution in [-0.4, -0.2) is 31.7 Å². The molecular formula is C13H17FN2O3S. The van der Waals surface area contributed by atoms with E-state index in [2.05, 4.69) is 0 Å². The van der Waals surface area contributed by atoms with Crippen LogP contribution in [0, 0.1) is 17.7 Å². The van der Waals surface area contributed by atoms with E-state index in [0.29, 0.717) is 5.56 Å². The Morgan fingerprint density at radius 2 is 2.15 bits per heavy atom. The zero-order valence-corrected chi connectivity index (χ0v) is 11.9. The van der Waals surface area contributed by atoms with Crippen molar-refractivity contribution in [1.82, 2.24) is 4.31 Å². The van der Waals surface area contributed by atoms with Crippen LogP contribution in [0.25, 0.3) is 0 Å². The van der Waals surface area contributed by atoms with Crippen molar-refractivity contribution in [2.75, 3.05) is 13.1 Å². The second-order valence-corrected chi connectivity index (χ2v) is 7.16. The molecule has 0 radical (unpaired) electrons. The van der Waals surface area contributed by atoms with Crippen molar-refractivity contribution in [2.45, 2.75) is 12.7 Å². The fourth-order valence-corrected chi connectivity index (χ4v) is 4.08. The van der Waals surface area contributed by atoms with E-state index in [1.54, 1.807) is 13.0 Å². The maximum atomic E-state index is 13.1. The van der Waals surface area contributed by atoms with Gasteiger partial charge in [0.2, 0.25) is 15.9 Å². The number of sulfonamides is 1. The molecule has 110 valence electrons. The second kappa shape index (κ2) is 5.49. The van der Waals surface area contributed by atoms with E-state index < -0.39 is 27.7 Å². The van der Waals surface area contributed by atoms with Crippen LogP contribution in [0.2, 0.25) is 0 Å². The van der Waals surface area contributed by atoms with Crippen molar-refractivity contribution in [3.05, 3.63) is 35.6 Å². The van der Waals surface area contributed by atoms with Crippen molar-refractivity contribution in [3.63, 3.8) is 0 Å². The van der Waals surface area contributed by atoms with Gasteiger partial charge in [0.05, 0.1) is 11.7 Å². The molecule has 20 heavy (non-hydrogen) atoms. The van der Waals surface area contributed by atoms with Gasteiger partial charge in [0, 0.05) is 13.1 Å². The lowest BCUT2D eigenvalue weighted by Gasteiger charge is -2.16. The molecule has 1 saturated heterocycles. The van der Waals surface area contributed by atoms with Gasteiger partial charge in [-0.25, -0.2) is 17.1 Å². The van der Waals surface area contributed by atoms with Gasteiger partial charge >= 0.3 is 0 Å². The molecule has 2 atom stereocenters.